The highest BCUT2D eigenvalue weighted by atomic mass is 28.3. The standard InChI is InChI=1S/C17H26OSi/c1-13(16(18)17(2,3)4)15(19(5,6)7)14-11-9-8-10-12-14/h8-12H,1-7H3/b15-13-. The van der Waals surface area contributed by atoms with Crippen LogP contribution in [0.4, 0.5) is 0 Å². The van der Waals surface area contributed by atoms with Crippen LogP contribution in [0.15, 0.2) is 35.9 Å². The van der Waals surface area contributed by atoms with E-state index in [1.54, 1.807) is 0 Å². The molecule has 0 radical (unpaired) electrons. The SMILES string of the molecule is C/C(C(=O)C(C)(C)C)=C(\c1ccccc1)[Si](C)(C)C. The van der Waals surface area contributed by atoms with Gasteiger partial charge in [0.15, 0.2) is 5.78 Å². The van der Waals surface area contributed by atoms with Gasteiger partial charge in [-0.2, -0.15) is 0 Å². The number of allylic oxidation sites excluding steroid dienone is 1. The molecule has 1 aromatic rings. The summed E-state index contributed by atoms with van der Waals surface area (Å²) in [7, 11) is -1.57. The first-order chi connectivity index (χ1) is 8.55. The monoisotopic (exact) mass is 274 g/mol. The molecule has 2 heteroatoms. The minimum atomic E-state index is -1.57. The van der Waals surface area contributed by atoms with Crippen molar-refractivity contribution < 1.29 is 4.79 Å². The molecular weight excluding hydrogens is 248 g/mol. The van der Waals surface area contributed by atoms with Crippen LogP contribution in [0.2, 0.25) is 19.6 Å². The summed E-state index contributed by atoms with van der Waals surface area (Å²) >= 11 is 0. The molecular formula is C17H26OSi. The fourth-order valence-corrected chi connectivity index (χ4v) is 4.76. The first-order valence-electron chi connectivity index (χ1n) is 6.86. The topological polar surface area (TPSA) is 17.1 Å². The van der Waals surface area contributed by atoms with Gasteiger partial charge in [0.1, 0.15) is 0 Å². The highest BCUT2D eigenvalue weighted by molar-refractivity contribution is 6.94. The molecule has 0 saturated heterocycles. The molecule has 1 rings (SSSR count). The van der Waals surface area contributed by atoms with E-state index in [0.717, 1.165) is 5.57 Å². The Bertz CT molecular complexity index is 484. The van der Waals surface area contributed by atoms with E-state index in [-0.39, 0.29) is 11.2 Å². The number of ketones is 1. The van der Waals surface area contributed by atoms with Gasteiger partial charge in [-0.3, -0.25) is 4.79 Å². The molecule has 0 unspecified atom stereocenters. The summed E-state index contributed by atoms with van der Waals surface area (Å²) in [6, 6.07) is 10.3. The van der Waals surface area contributed by atoms with Crippen molar-refractivity contribution in [3.05, 3.63) is 41.5 Å². The zero-order chi connectivity index (χ0) is 14.8. The van der Waals surface area contributed by atoms with Gasteiger partial charge in [0.25, 0.3) is 0 Å². The summed E-state index contributed by atoms with van der Waals surface area (Å²) in [4.78, 5) is 12.6. The summed E-state index contributed by atoms with van der Waals surface area (Å²) in [5, 5.41) is 1.29. The normalized spacial score (nSPS) is 14.1. The van der Waals surface area contributed by atoms with Crippen LogP contribution >= 0.6 is 0 Å². The van der Waals surface area contributed by atoms with E-state index in [0.29, 0.717) is 0 Å². The van der Waals surface area contributed by atoms with Gasteiger partial charge >= 0.3 is 0 Å². The molecule has 0 aliphatic carbocycles. The molecule has 0 aliphatic heterocycles. The third-order valence-corrected chi connectivity index (χ3v) is 5.37. The molecule has 0 heterocycles. The van der Waals surface area contributed by atoms with Gasteiger partial charge in [-0.05, 0) is 23.3 Å². The fourth-order valence-electron chi connectivity index (χ4n) is 2.49. The number of Topliss-reactive ketones (excluding diaryl/α,β-unsaturated/α-hetero) is 1. The van der Waals surface area contributed by atoms with Crippen LogP contribution in [-0.2, 0) is 4.79 Å². The Morgan fingerprint density at radius 1 is 1.00 bits per heavy atom. The maximum Gasteiger partial charge on any atom is 0.163 e. The zero-order valence-corrected chi connectivity index (χ0v) is 14.3. The van der Waals surface area contributed by atoms with Gasteiger partial charge < -0.3 is 0 Å². The third kappa shape index (κ3) is 3.90. The molecule has 0 bridgehead atoms. The molecule has 0 saturated carbocycles. The molecule has 1 nitrogen and oxygen atoms in total. The van der Waals surface area contributed by atoms with E-state index in [1.807, 2.05) is 45.9 Å². The highest BCUT2D eigenvalue weighted by Crippen LogP contribution is 2.32. The van der Waals surface area contributed by atoms with E-state index in [1.165, 1.54) is 10.8 Å². The van der Waals surface area contributed by atoms with Crippen molar-refractivity contribution >= 4 is 19.1 Å². The minimum Gasteiger partial charge on any atom is -0.294 e. The Balaban J connectivity index is 3.46. The van der Waals surface area contributed by atoms with Gasteiger partial charge in [-0.25, -0.2) is 0 Å². The molecule has 0 aliphatic rings. The number of hydrogen-bond acceptors (Lipinski definition) is 1. The second kappa shape index (κ2) is 5.46. The molecule has 0 aromatic heterocycles. The summed E-state index contributed by atoms with van der Waals surface area (Å²) in [5.74, 6) is 0.258. The van der Waals surface area contributed by atoms with Gasteiger partial charge in [-0.15, -0.1) is 0 Å². The van der Waals surface area contributed by atoms with E-state index in [2.05, 4.69) is 31.8 Å². The van der Waals surface area contributed by atoms with Crippen LogP contribution in [-0.4, -0.2) is 13.9 Å². The second-order valence-electron chi connectivity index (χ2n) is 7.20. The van der Waals surface area contributed by atoms with Crippen molar-refractivity contribution in [3.8, 4) is 0 Å². The average molecular weight is 274 g/mol. The summed E-state index contributed by atoms with van der Waals surface area (Å²) in [6.45, 7) is 14.9. The quantitative estimate of drug-likeness (QED) is 0.563. The lowest BCUT2D eigenvalue weighted by Gasteiger charge is -2.27. The number of carbonyl (C=O) groups excluding carboxylic acids is 1. The van der Waals surface area contributed by atoms with Crippen molar-refractivity contribution in [1.29, 1.82) is 0 Å². The van der Waals surface area contributed by atoms with Crippen LogP contribution in [0.5, 0.6) is 0 Å². The molecule has 104 valence electrons. The van der Waals surface area contributed by atoms with Gasteiger partial charge in [-0.1, -0.05) is 70.7 Å². The smallest absolute Gasteiger partial charge is 0.163 e. The van der Waals surface area contributed by atoms with E-state index in [4.69, 9.17) is 0 Å². The van der Waals surface area contributed by atoms with Crippen LogP contribution in [0.1, 0.15) is 33.3 Å². The van der Waals surface area contributed by atoms with Crippen LogP contribution in [0.3, 0.4) is 0 Å². The minimum absolute atomic E-state index is 0.258. The van der Waals surface area contributed by atoms with Crippen molar-refractivity contribution in [1.82, 2.24) is 0 Å². The maximum atomic E-state index is 12.6. The van der Waals surface area contributed by atoms with E-state index in [9.17, 15) is 4.79 Å². The molecule has 19 heavy (non-hydrogen) atoms. The van der Waals surface area contributed by atoms with Crippen LogP contribution in [0.25, 0.3) is 5.20 Å². The van der Waals surface area contributed by atoms with Crippen molar-refractivity contribution in [2.75, 3.05) is 0 Å². The van der Waals surface area contributed by atoms with Crippen LogP contribution in [0, 0.1) is 5.41 Å². The summed E-state index contributed by atoms with van der Waals surface area (Å²) in [5.41, 5.74) is 1.83. The lowest BCUT2D eigenvalue weighted by atomic mass is 9.86. The zero-order valence-electron chi connectivity index (χ0n) is 13.3. The Labute approximate surface area is 118 Å². The Morgan fingerprint density at radius 3 is 1.84 bits per heavy atom. The second-order valence-corrected chi connectivity index (χ2v) is 12.2. The number of carbonyl (C=O) groups is 1. The molecule has 0 amide bonds. The lowest BCUT2D eigenvalue weighted by molar-refractivity contribution is -0.122. The van der Waals surface area contributed by atoms with Crippen molar-refractivity contribution in [2.24, 2.45) is 5.41 Å². The summed E-state index contributed by atoms with van der Waals surface area (Å²) < 4.78 is 0. The van der Waals surface area contributed by atoms with E-state index < -0.39 is 8.07 Å². The predicted molar refractivity (Wildman–Crippen MR) is 86.8 cm³/mol. The predicted octanol–water partition coefficient (Wildman–Crippen LogP) is 4.95. The van der Waals surface area contributed by atoms with Gasteiger partial charge in [0.2, 0.25) is 0 Å². The van der Waals surface area contributed by atoms with Crippen molar-refractivity contribution in [3.63, 3.8) is 0 Å². The van der Waals surface area contributed by atoms with Gasteiger partial charge in [0, 0.05) is 5.41 Å². The van der Waals surface area contributed by atoms with Crippen molar-refractivity contribution in [2.45, 2.75) is 47.3 Å². The largest absolute Gasteiger partial charge is 0.294 e. The average Bonchev–Trinajstić information content (AvgIpc) is 2.26. The first-order valence-corrected chi connectivity index (χ1v) is 10.4. The Morgan fingerprint density at radius 2 is 1.47 bits per heavy atom. The molecule has 0 N–H and O–H groups in total. The number of benzene rings is 1. The van der Waals surface area contributed by atoms with E-state index >= 15 is 0 Å². The Hall–Kier alpha value is -1.15. The summed E-state index contributed by atoms with van der Waals surface area (Å²) in [6.07, 6.45) is 0. The van der Waals surface area contributed by atoms with Gasteiger partial charge in [0.05, 0.1) is 8.07 Å². The molecule has 1 aromatic carbocycles. The maximum absolute atomic E-state index is 12.6. The molecule has 0 atom stereocenters. The number of rotatable bonds is 3. The Kier molecular flexibility index (Phi) is 4.57. The molecule has 0 fully saturated rings. The fraction of sp³-hybridized carbons (Fsp3) is 0.471. The molecule has 0 spiro atoms. The third-order valence-electron chi connectivity index (χ3n) is 3.21. The first kappa shape index (κ1) is 15.9. The van der Waals surface area contributed by atoms with Crippen LogP contribution < -0.4 is 0 Å². The number of hydrogen-bond donors (Lipinski definition) is 0. The lowest BCUT2D eigenvalue weighted by Crippen LogP contribution is -2.29. The highest BCUT2D eigenvalue weighted by Gasteiger charge is 2.30.